The maximum absolute atomic E-state index is 13.4. The van der Waals surface area contributed by atoms with Crippen molar-refractivity contribution in [2.24, 2.45) is 0 Å². The number of ether oxygens (including phenoxy) is 1. The lowest BCUT2D eigenvalue weighted by molar-refractivity contribution is -0.384. The lowest BCUT2D eigenvalue weighted by Gasteiger charge is -2.09. The minimum atomic E-state index is -4.05. The summed E-state index contributed by atoms with van der Waals surface area (Å²) in [6.45, 7) is 2.48. The Morgan fingerprint density at radius 2 is 1.69 bits per heavy atom. The minimum Gasteiger partial charge on any atom is -0.494 e. The fourth-order valence-electron chi connectivity index (χ4n) is 3.24. The molecule has 0 aliphatic heterocycles. The summed E-state index contributed by atoms with van der Waals surface area (Å²) in [6.07, 6.45) is 3.39. The molecule has 0 fully saturated rings. The molecule has 4 aromatic rings. The van der Waals surface area contributed by atoms with Gasteiger partial charge in [-0.1, -0.05) is 30.3 Å². The van der Waals surface area contributed by atoms with Gasteiger partial charge in [-0.25, -0.2) is 17.4 Å². The summed E-state index contributed by atoms with van der Waals surface area (Å²) < 4.78 is 33.5. The third-order valence-electron chi connectivity index (χ3n) is 4.75. The third kappa shape index (κ3) is 4.10. The van der Waals surface area contributed by atoms with Crippen molar-refractivity contribution in [1.29, 1.82) is 0 Å². The lowest BCUT2D eigenvalue weighted by Crippen LogP contribution is -2.14. The Balaban J connectivity index is 1.78. The Morgan fingerprint density at radius 1 is 1.00 bits per heavy atom. The molecule has 0 atom stereocenters. The normalized spacial score (nSPS) is 11.8. The number of imidazole rings is 1. The number of benzene rings is 3. The quantitative estimate of drug-likeness (QED) is 0.298. The van der Waals surface area contributed by atoms with Crippen LogP contribution in [-0.2, 0) is 10.0 Å². The molecular weight excluding hydrogens is 430 g/mol. The number of nitro benzene ring substituents is 1. The molecule has 0 radical (unpaired) electrons. The molecular formula is C23H19N3O5S. The Morgan fingerprint density at radius 3 is 2.34 bits per heavy atom. The van der Waals surface area contributed by atoms with Crippen molar-refractivity contribution < 1.29 is 18.1 Å². The van der Waals surface area contributed by atoms with Crippen LogP contribution < -0.4 is 4.74 Å². The molecule has 1 aromatic heterocycles. The van der Waals surface area contributed by atoms with Crippen LogP contribution in [0.3, 0.4) is 0 Å². The van der Waals surface area contributed by atoms with Gasteiger partial charge in [0, 0.05) is 12.1 Å². The fraction of sp³-hybridized carbons (Fsp3) is 0.0870. The van der Waals surface area contributed by atoms with Gasteiger partial charge in [0.05, 0.1) is 27.5 Å². The van der Waals surface area contributed by atoms with Gasteiger partial charge in [-0.3, -0.25) is 10.1 Å². The highest BCUT2D eigenvalue weighted by Gasteiger charge is 2.24. The molecule has 8 nitrogen and oxygen atoms in total. The molecule has 0 saturated carbocycles. The topological polar surface area (TPSA) is 104 Å². The zero-order valence-electron chi connectivity index (χ0n) is 17.1. The van der Waals surface area contributed by atoms with E-state index < -0.39 is 14.9 Å². The second-order valence-electron chi connectivity index (χ2n) is 6.81. The molecule has 32 heavy (non-hydrogen) atoms. The standard InChI is InChI=1S/C23H19N3O5S/c1-2-31-19-12-7-17(8-13-19)9-16-23-24-21-5-3-4-6-22(21)25(23)32(29,30)20-14-10-18(11-15-20)26(27)28/h3-16H,2H2,1H3/b16-9+. The monoisotopic (exact) mass is 449 g/mol. The number of hydrogen-bond donors (Lipinski definition) is 0. The number of nitro groups is 1. The molecule has 0 unspecified atom stereocenters. The Bertz CT molecular complexity index is 1410. The summed E-state index contributed by atoms with van der Waals surface area (Å²) in [5.74, 6) is 0.969. The van der Waals surface area contributed by atoms with Gasteiger partial charge >= 0.3 is 0 Å². The lowest BCUT2D eigenvalue weighted by atomic mass is 10.2. The fourth-order valence-corrected chi connectivity index (χ4v) is 4.69. The molecule has 0 aliphatic rings. The molecule has 0 amide bonds. The van der Waals surface area contributed by atoms with Crippen molar-refractivity contribution in [2.75, 3.05) is 6.61 Å². The number of hydrogen-bond acceptors (Lipinski definition) is 6. The Labute approximate surface area is 184 Å². The van der Waals surface area contributed by atoms with E-state index in [1.807, 2.05) is 31.2 Å². The van der Waals surface area contributed by atoms with Gasteiger partial charge in [0.15, 0.2) is 0 Å². The maximum Gasteiger partial charge on any atom is 0.269 e. The first kappa shape index (κ1) is 21.3. The van der Waals surface area contributed by atoms with E-state index in [1.54, 1.807) is 36.4 Å². The van der Waals surface area contributed by atoms with Crippen LogP contribution in [0.25, 0.3) is 23.2 Å². The summed E-state index contributed by atoms with van der Waals surface area (Å²) in [4.78, 5) is 14.8. The molecule has 0 saturated heterocycles. The number of nitrogens with zero attached hydrogens (tertiary/aromatic N) is 3. The number of non-ortho nitro benzene ring substituents is 1. The van der Waals surface area contributed by atoms with Crippen LogP contribution in [0, 0.1) is 10.1 Å². The first-order valence-corrected chi connectivity index (χ1v) is 11.2. The predicted octanol–water partition coefficient (Wildman–Crippen LogP) is 4.75. The SMILES string of the molecule is CCOc1ccc(/C=C/c2nc3ccccc3n2S(=O)(=O)c2ccc([N+](=O)[O-])cc2)cc1. The molecule has 0 N–H and O–H groups in total. The van der Waals surface area contributed by atoms with Crippen LogP contribution in [0.4, 0.5) is 5.69 Å². The van der Waals surface area contributed by atoms with Crippen molar-refractivity contribution >= 4 is 38.9 Å². The van der Waals surface area contributed by atoms with Crippen molar-refractivity contribution in [3.05, 3.63) is 94.3 Å². The van der Waals surface area contributed by atoms with Crippen LogP contribution >= 0.6 is 0 Å². The summed E-state index contributed by atoms with van der Waals surface area (Å²) >= 11 is 0. The molecule has 162 valence electrons. The van der Waals surface area contributed by atoms with Crippen molar-refractivity contribution in [3.63, 3.8) is 0 Å². The Kier molecular flexibility index (Phi) is 5.74. The Hall–Kier alpha value is -3.98. The second kappa shape index (κ2) is 8.64. The number of para-hydroxylation sites is 2. The largest absolute Gasteiger partial charge is 0.494 e. The predicted molar refractivity (Wildman–Crippen MR) is 122 cm³/mol. The zero-order valence-corrected chi connectivity index (χ0v) is 17.9. The third-order valence-corrected chi connectivity index (χ3v) is 6.48. The van der Waals surface area contributed by atoms with Crippen LogP contribution in [0.5, 0.6) is 5.75 Å². The molecule has 0 spiro atoms. The molecule has 0 aliphatic carbocycles. The van der Waals surface area contributed by atoms with E-state index in [1.165, 1.54) is 24.3 Å². The molecule has 9 heteroatoms. The van der Waals surface area contributed by atoms with Crippen LogP contribution in [-0.4, -0.2) is 28.9 Å². The van der Waals surface area contributed by atoms with E-state index in [9.17, 15) is 18.5 Å². The summed E-state index contributed by atoms with van der Waals surface area (Å²) in [5.41, 5.74) is 1.59. The highest BCUT2D eigenvalue weighted by atomic mass is 32.2. The number of aromatic nitrogens is 2. The van der Waals surface area contributed by atoms with Crippen molar-refractivity contribution in [3.8, 4) is 5.75 Å². The van der Waals surface area contributed by atoms with E-state index >= 15 is 0 Å². The molecule has 4 rings (SSSR count). The molecule has 3 aromatic carbocycles. The van der Waals surface area contributed by atoms with Gasteiger partial charge in [0.25, 0.3) is 15.7 Å². The van der Waals surface area contributed by atoms with E-state index in [0.717, 1.165) is 15.3 Å². The van der Waals surface area contributed by atoms with Gasteiger partial charge in [0.1, 0.15) is 11.6 Å². The van der Waals surface area contributed by atoms with Crippen molar-refractivity contribution in [1.82, 2.24) is 8.96 Å². The summed E-state index contributed by atoms with van der Waals surface area (Å²) in [6, 6.07) is 19.1. The zero-order chi connectivity index (χ0) is 22.7. The van der Waals surface area contributed by atoms with Gasteiger partial charge in [-0.2, -0.15) is 0 Å². The van der Waals surface area contributed by atoms with Crippen LogP contribution in [0.2, 0.25) is 0 Å². The smallest absolute Gasteiger partial charge is 0.269 e. The van der Waals surface area contributed by atoms with Gasteiger partial charge < -0.3 is 4.74 Å². The number of fused-ring (bicyclic) bond motifs is 1. The van der Waals surface area contributed by atoms with E-state index in [4.69, 9.17) is 4.74 Å². The highest BCUT2D eigenvalue weighted by Crippen LogP contribution is 2.26. The van der Waals surface area contributed by atoms with Gasteiger partial charge in [-0.05, 0) is 55.0 Å². The minimum absolute atomic E-state index is 0.0676. The molecule has 1 heterocycles. The summed E-state index contributed by atoms with van der Waals surface area (Å²) in [7, 11) is -4.05. The van der Waals surface area contributed by atoms with E-state index in [-0.39, 0.29) is 16.4 Å². The summed E-state index contributed by atoms with van der Waals surface area (Å²) in [5, 5.41) is 10.9. The van der Waals surface area contributed by atoms with Gasteiger partial charge in [0.2, 0.25) is 0 Å². The van der Waals surface area contributed by atoms with E-state index in [0.29, 0.717) is 17.6 Å². The van der Waals surface area contributed by atoms with Crippen LogP contribution in [0.1, 0.15) is 18.3 Å². The number of rotatable bonds is 7. The second-order valence-corrected chi connectivity index (χ2v) is 8.60. The average molecular weight is 449 g/mol. The van der Waals surface area contributed by atoms with Gasteiger partial charge in [-0.15, -0.1) is 0 Å². The van der Waals surface area contributed by atoms with E-state index in [2.05, 4.69) is 4.98 Å². The highest BCUT2D eigenvalue weighted by molar-refractivity contribution is 7.90. The maximum atomic E-state index is 13.4. The first-order chi connectivity index (χ1) is 15.4. The molecule has 0 bridgehead atoms. The first-order valence-electron chi connectivity index (χ1n) is 9.78. The van der Waals surface area contributed by atoms with Crippen molar-refractivity contribution in [2.45, 2.75) is 11.8 Å². The average Bonchev–Trinajstić information content (AvgIpc) is 3.18. The van der Waals surface area contributed by atoms with Crippen LogP contribution in [0.15, 0.2) is 77.7 Å².